The van der Waals surface area contributed by atoms with Gasteiger partial charge in [-0.05, 0) is 30.7 Å². The maximum absolute atomic E-state index is 5.48. The van der Waals surface area contributed by atoms with Crippen molar-refractivity contribution in [1.29, 1.82) is 0 Å². The third kappa shape index (κ3) is 6.38. The highest BCUT2D eigenvalue weighted by Crippen LogP contribution is 2.20. The summed E-state index contributed by atoms with van der Waals surface area (Å²) in [4.78, 5) is 9.12. The van der Waals surface area contributed by atoms with Crippen LogP contribution in [0.5, 0.6) is 5.75 Å². The normalized spacial score (nSPS) is 15.3. The van der Waals surface area contributed by atoms with E-state index in [0.29, 0.717) is 13.2 Å². The molecule has 0 atom stereocenters. The van der Waals surface area contributed by atoms with Crippen LogP contribution in [0, 0.1) is 0 Å². The number of hydrogen-bond donors (Lipinski definition) is 1. The van der Waals surface area contributed by atoms with E-state index in [-0.39, 0.29) is 0 Å². The molecule has 26 heavy (non-hydrogen) atoms. The Morgan fingerprint density at radius 1 is 1.04 bits per heavy atom. The lowest BCUT2D eigenvalue weighted by Crippen LogP contribution is -2.52. The van der Waals surface area contributed by atoms with Crippen molar-refractivity contribution >= 4 is 11.6 Å². The zero-order valence-corrected chi connectivity index (χ0v) is 16.2. The van der Waals surface area contributed by atoms with Crippen molar-refractivity contribution in [2.24, 2.45) is 4.99 Å². The molecule has 1 heterocycles. The topological polar surface area (TPSA) is 58.6 Å². The van der Waals surface area contributed by atoms with Gasteiger partial charge in [0.25, 0.3) is 0 Å². The van der Waals surface area contributed by atoms with Crippen LogP contribution in [0.1, 0.15) is 6.42 Å². The molecule has 1 aliphatic rings. The van der Waals surface area contributed by atoms with Crippen LogP contribution in [0.25, 0.3) is 0 Å². The number of anilines is 1. The van der Waals surface area contributed by atoms with Gasteiger partial charge in [0.2, 0.25) is 0 Å². The fraction of sp³-hybridized carbons (Fsp3) is 0.632. The molecule has 1 aliphatic heterocycles. The first-order valence-electron chi connectivity index (χ1n) is 9.19. The minimum absolute atomic E-state index is 0.646. The quantitative estimate of drug-likeness (QED) is 0.407. The van der Waals surface area contributed by atoms with Gasteiger partial charge in [-0.15, -0.1) is 0 Å². The summed E-state index contributed by atoms with van der Waals surface area (Å²) in [7, 11) is 5.22. The molecular weight excluding hydrogens is 332 g/mol. The Morgan fingerprint density at radius 2 is 1.77 bits per heavy atom. The van der Waals surface area contributed by atoms with Gasteiger partial charge in [0.05, 0.1) is 20.3 Å². The van der Waals surface area contributed by atoms with Gasteiger partial charge in [0.1, 0.15) is 5.75 Å². The van der Waals surface area contributed by atoms with Crippen molar-refractivity contribution in [3.8, 4) is 5.75 Å². The summed E-state index contributed by atoms with van der Waals surface area (Å²) in [5.74, 6) is 1.86. The fourth-order valence-corrected chi connectivity index (χ4v) is 2.92. The molecule has 7 nitrogen and oxygen atoms in total. The number of ether oxygens (including phenoxy) is 3. The average Bonchev–Trinajstić information content (AvgIpc) is 2.70. The predicted octanol–water partition coefficient (Wildman–Crippen LogP) is 1.45. The first-order chi connectivity index (χ1) is 12.8. The number of guanidine groups is 1. The van der Waals surface area contributed by atoms with Crippen LogP contribution >= 0.6 is 0 Å². The molecule has 1 aromatic carbocycles. The lowest BCUT2D eigenvalue weighted by Gasteiger charge is -2.37. The van der Waals surface area contributed by atoms with E-state index in [1.807, 2.05) is 19.2 Å². The zero-order chi connectivity index (χ0) is 18.6. The van der Waals surface area contributed by atoms with Gasteiger partial charge in [-0.25, -0.2) is 0 Å². The lowest BCUT2D eigenvalue weighted by molar-refractivity contribution is 0.0698. The second-order valence-electron chi connectivity index (χ2n) is 6.10. The summed E-state index contributed by atoms with van der Waals surface area (Å²) in [5.41, 5.74) is 1.24. The molecule has 0 bridgehead atoms. The second-order valence-corrected chi connectivity index (χ2v) is 6.10. The first kappa shape index (κ1) is 20.3. The molecule has 1 fully saturated rings. The van der Waals surface area contributed by atoms with Crippen LogP contribution < -0.4 is 15.0 Å². The molecule has 0 radical (unpaired) electrons. The summed E-state index contributed by atoms with van der Waals surface area (Å²) >= 11 is 0. The monoisotopic (exact) mass is 364 g/mol. The van der Waals surface area contributed by atoms with Crippen LogP contribution in [0.3, 0.4) is 0 Å². The molecule has 1 aromatic rings. The highest BCUT2D eigenvalue weighted by atomic mass is 16.5. The SMILES string of the molecule is CN=C(NCCCOCCOC)N1CCN(c2ccc(OC)cc2)CC1. The Hall–Kier alpha value is -1.99. The Kier molecular flexibility index (Phi) is 9.06. The maximum atomic E-state index is 5.48. The third-order valence-electron chi connectivity index (χ3n) is 4.41. The number of aliphatic imine (C=N–C) groups is 1. The Bertz CT molecular complexity index is 528. The van der Waals surface area contributed by atoms with E-state index < -0.39 is 0 Å². The summed E-state index contributed by atoms with van der Waals surface area (Å²) < 4.78 is 15.7. The highest BCUT2D eigenvalue weighted by molar-refractivity contribution is 5.80. The molecular formula is C19H32N4O3. The Morgan fingerprint density at radius 3 is 2.38 bits per heavy atom. The van der Waals surface area contributed by atoms with Crippen molar-refractivity contribution in [2.45, 2.75) is 6.42 Å². The van der Waals surface area contributed by atoms with Crippen LogP contribution in [-0.2, 0) is 9.47 Å². The van der Waals surface area contributed by atoms with E-state index in [2.05, 4.69) is 32.2 Å². The molecule has 0 amide bonds. The Labute approximate surface area is 156 Å². The molecule has 0 unspecified atom stereocenters. The smallest absolute Gasteiger partial charge is 0.193 e. The number of piperazine rings is 1. The van der Waals surface area contributed by atoms with Crippen LogP contribution in [0.2, 0.25) is 0 Å². The van der Waals surface area contributed by atoms with Gasteiger partial charge in [0.15, 0.2) is 5.96 Å². The third-order valence-corrected chi connectivity index (χ3v) is 4.41. The molecule has 146 valence electrons. The molecule has 0 saturated carbocycles. The summed E-state index contributed by atoms with van der Waals surface area (Å²) in [6.07, 6.45) is 0.953. The van der Waals surface area contributed by atoms with Gasteiger partial charge >= 0.3 is 0 Å². The number of nitrogens with zero attached hydrogens (tertiary/aromatic N) is 3. The molecule has 7 heteroatoms. The number of benzene rings is 1. The lowest BCUT2D eigenvalue weighted by atomic mass is 10.2. The van der Waals surface area contributed by atoms with E-state index >= 15 is 0 Å². The summed E-state index contributed by atoms with van der Waals surface area (Å²) in [6.45, 7) is 6.76. The first-order valence-corrected chi connectivity index (χ1v) is 9.19. The van der Waals surface area contributed by atoms with Crippen LogP contribution in [0.15, 0.2) is 29.3 Å². The van der Waals surface area contributed by atoms with E-state index in [1.165, 1.54) is 5.69 Å². The van der Waals surface area contributed by atoms with E-state index in [4.69, 9.17) is 14.2 Å². The molecule has 0 aromatic heterocycles. The van der Waals surface area contributed by atoms with Gasteiger partial charge in [-0.1, -0.05) is 0 Å². The van der Waals surface area contributed by atoms with Crippen molar-refractivity contribution in [1.82, 2.24) is 10.2 Å². The number of hydrogen-bond acceptors (Lipinski definition) is 5. The van der Waals surface area contributed by atoms with E-state index in [0.717, 1.165) is 57.5 Å². The summed E-state index contributed by atoms with van der Waals surface area (Å²) in [5, 5.41) is 3.43. The average molecular weight is 364 g/mol. The molecule has 0 aliphatic carbocycles. The van der Waals surface area contributed by atoms with E-state index in [1.54, 1.807) is 14.2 Å². The number of methoxy groups -OCH3 is 2. The van der Waals surface area contributed by atoms with Crippen LogP contribution in [0.4, 0.5) is 5.69 Å². The van der Waals surface area contributed by atoms with Crippen molar-refractivity contribution < 1.29 is 14.2 Å². The van der Waals surface area contributed by atoms with Gasteiger partial charge in [-0.3, -0.25) is 4.99 Å². The standard InChI is InChI=1S/C19H32N4O3/c1-20-19(21-9-4-14-26-16-15-24-2)23-12-10-22(11-13-23)17-5-7-18(25-3)8-6-17/h5-8H,4,9-16H2,1-3H3,(H,20,21). The maximum Gasteiger partial charge on any atom is 0.193 e. The highest BCUT2D eigenvalue weighted by Gasteiger charge is 2.19. The number of nitrogens with one attached hydrogen (secondary N) is 1. The molecule has 0 spiro atoms. The predicted molar refractivity (Wildman–Crippen MR) is 105 cm³/mol. The van der Waals surface area contributed by atoms with Crippen molar-refractivity contribution in [3.63, 3.8) is 0 Å². The van der Waals surface area contributed by atoms with E-state index in [9.17, 15) is 0 Å². The molecule has 1 saturated heterocycles. The largest absolute Gasteiger partial charge is 0.497 e. The second kappa shape index (κ2) is 11.6. The fourth-order valence-electron chi connectivity index (χ4n) is 2.92. The molecule has 1 N–H and O–H groups in total. The van der Waals surface area contributed by atoms with Crippen LogP contribution in [-0.4, -0.2) is 84.7 Å². The van der Waals surface area contributed by atoms with Gasteiger partial charge in [-0.2, -0.15) is 0 Å². The number of rotatable bonds is 9. The summed E-state index contributed by atoms with van der Waals surface area (Å²) in [6, 6.07) is 8.25. The van der Waals surface area contributed by atoms with Crippen molar-refractivity contribution in [2.75, 3.05) is 78.7 Å². The zero-order valence-electron chi connectivity index (χ0n) is 16.2. The minimum atomic E-state index is 0.646. The van der Waals surface area contributed by atoms with Gasteiger partial charge in [0, 0.05) is 59.2 Å². The minimum Gasteiger partial charge on any atom is -0.497 e. The van der Waals surface area contributed by atoms with Crippen molar-refractivity contribution in [3.05, 3.63) is 24.3 Å². The Balaban J connectivity index is 1.69. The van der Waals surface area contributed by atoms with Gasteiger partial charge < -0.3 is 29.3 Å². The molecule has 2 rings (SSSR count).